The van der Waals surface area contributed by atoms with Gasteiger partial charge in [0.05, 0.1) is 5.92 Å². The Morgan fingerprint density at radius 1 is 1.06 bits per heavy atom. The summed E-state index contributed by atoms with van der Waals surface area (Å²) in [6, 6.07) is 9.94. The van der Waals surface area contributed by atoms with Crippen LogP contribution in [0.5, 0.6) is 0 Å². The van der Waals surface area contributed by atoms with Crippen molar-refractivity contribution in [1.29, 1.82) is 0 Å². The Morgan fingerprint density at radius 2 is 1.88 bits per heavy atom. The van der Waals surface area contributed by atoms with Crippen LogP contribution in [0.25, 0.3) is 0 Å². The first kappa shape index (κ1) is 10.4. The zero-order chi connectivity index (χ0) is 11.7. The van der Waals surface area contributed by atoms with Gasteiger partial charge in [-0.1, -0.05) is 36.1 Å². The third-order valence-electron chi connectivity index (χ3n) is 3.67. The lowest BCUT2D eigenvalue weighted by Gasteiger charge is -2.14. The van der Waals surface area contributed by atoms with Crippen molar-refractivity contribution in [3.05, 3.63) is 47.5 Å². The van der Waals surface area contributed by atoms with Crippen molar-refractivity contribution in [2.45, 2.75) is 19.3 Å². The molecule has 0 unspecified atom stereocenters. The van der Waals surface area contributed by atoms with Crippen LogP contribution >= 0.6 is 0 Å². The van der Waals surface area contributed by atoms with Gasteiger partial charge in [0.2, 0.25) is 0 Å². The van der Waals surface area contributed by atoms with Gasteiger partial charge in [0.25, 0.3) is 0 Å². The number of hydrogen-bond acceptors (Lipinski definition) is 1. The van der Waals surface area contributed by atoms with Crippen LogP contribution in [0.2, 0.25) is 0 Å². The van der Waals surface area contributed by atoms with E-state index >= 15 is 0 Å². The molecule has 1 fully saturated rings. The Hall–Kier alpha value is -1.81. The molecule has 0 radical (unpaired) electrons. The minimum absolute atomic E-state index is 0.102. The first-order valence-electron chi connectivity index (χ1n) is 6.15. The van der Waals surface area contributed by atoms with E-state index in [1.807, 2.05) is 30.3 Å². The molecule has 2 aliphatic carbocycles. The Morgan fingerprint density at radius 3 is 2.71 bits per heavy atom. The number of ketones is 1. The van der Waals surface area contributed by atoms with E-state index in [0.717, 1.165) is 30.4 Å². The first-order chi connectivity index (χ1) is 8.34. The summed E-state index contributed by atoms with van der Waals surface area (Å²) in [4.78, 5) is 11.9. The minimum atomic E-state index is 0.102. The fraction of sp³-hybridized carbons (Fsp3) is 0.312. The molecule has 2 aliphatic rings. The first-order valence-corrected chi connectivity index (χ1v) is 6.15. The molecule has 0 N–H and O–H groups in total. The number of carbonyl (C=O) groups excluding carboxylic acids is 1. The summed E-state index contributed by atoms with van der Waals surface area (Å²) in [6.45, 7) is 0. The van der Waals surface area contributed by atoms with Crippen LogP contribution in [0.15, 0.2) is 42.0 Å². The fourth-order valence-electron chi connectivity index (χ4n) is 2.70. The molecule has 0 saturated heterocycles. The monoisotopic (exact) mass is 222 g/mol. The molecule has 1 aromatic rings. The van der Waals surface area contributed by atoms with Crippen molar-refractivity contribution >= 4 is 5.78 Å². The molecule has 1 nitrogen and oxygen atoms in total. The summed E-state index contributed by atoms with van der Waals surface area (Å²) in [5, 5.41) is 0. The fourth-order valence-corrected chi connectivity index (χ4v) is 2.70. The molecule has 0 spiro atoms. The molecule has 2 bridgehead atoms. The number of hydrogen-bond donors (Lipinski definition) is 0. The Kier molecular flexibility index (Phi) is 2.57. The molecule has 0 amide bonds. The number of rotatable bonds is 0. The van der Waals surface area contributed by atoms with Crippen LogP contribution in [-0.4, -0.2) is 5.78 Å². The van der Waals surface area contributed by atoms with E-state index in [1.54, 1.807) is 0 Å². The summed E-state index contributed by atoms with van der Waals surface area (Å²) >= 11 is 0. The summed E-state index contributed by atoms with van der Waals surface area (Å²) in [5.41, 5.74) is 2.06. The third-order valence-corrected chi connectivity index (χ3v) is 3.67. The SMILES string of the molecule is O=C1[C@H]2CC=C(C#Cc3ccccc3)[C@@H]1CC2. The second kappa shape index (κ2) is 4.22. The maximum atomic E-state index is 11.9. The molecular formula is C16H14O. The van der Waals surface area contributed by atoms with Crippen LogP contribution in [0.1, 0.15) is 24.8 Å². The number of carbonyl (C=O) groups is 1. The Balaban J connectivity index is 1.85. The van der Waals surface area contributed by atoms with E-state index < -0.39 is 0 Å². The molecule has 17 heavy (non-hydrogen) atoms. The van der Waals surface area contributed by atoms with E-state index in [-0.39, 0.29) is 5.92 Å². The highest BCUT2D eigenvalue weighted by Crippen LogP contribution is 2.38. The second-order valence-electron chi connectivity index (χ2n) is 4.74. The molecule has 84 valence electrons. The van der Waals surface area contributed by atoms with Gasteiger partial charge in [0, 0.05) is 17.1 Å². The maximum absolute atomic E-state index is 11.9. The zero-order valence-electron chi connectivity index (χ0n) is 9.65. The molecular weight excluding hydrogens is 208 g/mol. The summed E-state index contributed by atoms with van der Waals surface area (Å²) in [7, 11) is 0. The van der Waals surface area contributed by atoms with Crippen molar-refractivity contribution in [3.63, 3.8) is 0 Å². The van der Waals surface area contributed by atoms with Crippen molar-refractivity contribution in [3.8, 4) is 11.8 Å². The lowest BCUT2D eigenvalue weighted by atomic mass is 9.87. The predicted molar refractivity (Wildman–Crippen MR) is 67.2 cm³/mol. The van der Waals surface area contributed by atoms with E-state index in [4.69, 9.17) is 0 Å². The second-order valence-corrected chi connectivity index (χ2v) is 4.74. The Labute approximate surface area is 102 Å². The van der Waals surface area contributed by atoms with Crippen molar-refractivity contribution in [1.82, 2.24) is 0 Å². The Bertz CT molecular complexity index is 528. The summed E-state index contributed by atoms with van der Waals surface area (Å²) < 4.78 is 0. The van der Waals surface area contributed by atoms with E-state index in [1.165, 1.54) is 0 Å². The van der Waals surface area contributed by atoms with Gasteiger partial charge < -0.3 is 0 Å². The van der Waals surface area contributed by atoms with Crippen LogP contribution in [-0.2, 0) is 4.79 Å². The van der Waals surface area contributed by atoms with Crippen LogP contribution < -0.4 is 0 Å². The average molecular weight is 222 g/mol. The summed E-state index contributed by atoms with van der Waals surface area (Å²) in [6.07, 6.45) is 5.11. The van der Waals surface area contributed by atoms with Crippen LogP contribution in [0.4, 0.5) is 0 Å². The smallest absolute Gasteiger partial charge is 0.144 e. The standard InChI is InChI=1S/C16H14O/c17-16-14-9-8-13(15(16)11-10-14)7-6-12-4-2-1-3-5-12/h1-5,8,14-15H,9-11H2/t14-,15-/m0/s1. The van der Waals surface area contributed by atoms with Gasteiger partial charge in [-0.15, -0.1) is 0 Å². The van der Waals surface area contributed by atoms with Gasteiger partial charge in [-0.05, 0) is 31.4 Å². The van der Waals surface area contributed by atoms with E-state index in [9.17, 15) is 4.79 Å². The lowest BCUT2D eigenvalue weighted by molar-refractivity contribution is -0.123. The molecule has 1 aromatic carbocycles. The molecule has 0 aromatic heterocycles. The number of benzene rings is 1. The minimum Gasteiger partial charge on any atom is -0.299 e. The van der Waals surface area contributed by atoms with Gasteiger partial charge in [-0.3, -0.25) is 4.79 Å². The van der Waals surface area contributed by atoms with Gasteiger partial charge in [0.15, 0.2) is 0 Å². The molecule has 3 rings (SSSR count). The number of allylic oxidation sites excluding steroid dienone is 2. The topological polar surface area (TPSA) is 17.1 Å². The van der Waals surface area contributed by atoms with Gasteiger partial charge in [0.1, 0.15) is 5.78 Å². The largest absolute Gasteiger partial charge is 0.299 e. The highest BCUT2D eigenvalue weighted by atomic mass is 16.1. The van der Waals surface area contributed by atoms with Crippen molar-refractivity contribution in [2.75, 3.05) is 0 Å². The van der Waals surface area contributed by atoms with Gasteiger partial charge >= 0.3 is 0 Å². The number of fused-ring (bicyclic) bond motifs is 2. The molecule has 1 heteroatoms. The van der Waals surface area contributed by atoms with Crippen LogP contribution in [0, 0.1) is 23.7 Å². The normalized spacial score (nSPS) is 26.1. The molecule has 0 aliphatic heterocycles. The summed E-state index contributed by atoms with van der Waals surface area (Å²) in [5.74, 6) is 7.15. The highest BCUT2D eigenvalue weighted by Gasteiger charge is 2.38. The van der Waals surface area contributed by atoms with Gasteiger partial charge in [-0.25, -0.2) is 0 Å². The molecule has 1 saturated carbocycles. The molecule has 0 heterocycles. The maximum Gasteiger partial charge on any atom is 0.144 e. The van der Waals surface area contributed by atoms with E-state index in [0.29, 0.717) is 11.7 Å². The van der Waals surface area contributed by atoms with Crippen molar-refractivity contribution < 1.29 is 4.79 Å². The quantitative estimate of drug-likeness (QED) is 0.617. The predicted octanol–water partition coefficient (Wildman–Crippen LogP) is 2.96. The average Bonchev–Trinajstić information content (AvgIpc) is 2.62. The third kappa shape index (κ3) is 1.91. The lowest BCUT2D eigenvalue weighted by Crippen LogP contribution is -2.19. The zero-order valence-corrected chi connectivity index (χ0v) is 9.65. The molecule has 2 atom stereocenters. The highest BCUT2D eigenvalue weighted by molar-refractivity contribution is 5.90. The van der Waals surface area contributed by atoms with Crippen LogP contribution in [0.3, 0.4) is 0 Å². The number of Topliss-reactive ketones (excluding diaryl/α,β-unsaturated/α-hetero) is 1. The van der Waals surface area contributed by atoms with Gasteiger partial charge in [-0.2, -0.15) is 0 Å². The van der Waals surface area contributed by atoms with Crippen molar-refractivity contribution in [2.24, 2.45) is 11.8 Å². The van der Waals surface area contributed by atoms with E-state index in [2.05, 4.69) is 17.9 Å².